The smallest absolute Gasteiger partial charge is 0.251 e. The number of nitrogens with two attached hydrogens (primary N) is 4. The Balaban J connectivity index is 0.000000136. The van der Waals surface area contributed by atoms with E-state index in [9.17, 15) is 61.1 Å². The fraction of sp³-hybridized carbons (Fsp3) is 0.120. The zero-order valence-corrected chi connectivity index (χ0v) is 53.9. The molecule has 101 heavy (non-hydrogen) atoms. The average molecular weight is 1400 g/mol. The zero-order chi connectivity index (χ0) is 71.9. The van der Waals surface area contributed by atoms with Gasteiger partial charge in [-0.2, -0.15) is 14.2 Å². The van der Waals surface area contributed by atoms with Gasteiger partial charge in [-0.05, 0) is 110 Å². The van der Waals surface area contributed by atoms with Gasteiger partial charge in [-0.1, -0.05) is 73.3 Å². The van der Waals surface area contributed by atoms with Crippen molar-refractivity contribution >= 4 is 57.5 Å². The molecule has 8 N–H and O–H groups in total. The van der Waals surface area contributed by atoms with Crippen LogP contribution in [0.15, 0.2) is 189 Å². The summed E-state index contributed by atoms with van der Waals surface area (Å²) in [5.74, 6) is -5.85. The van der Waals surface area contributed by atoms with E-state index in [1.807, 2.05) is 25.1 Å². The number of fused-ring (bicyclic) bond motifs is 2. The first-order chi connectivity index (χ1) is 48.5. The molecule has 1 saturated carbocycles. The Morgan fingerprint density at radius 1 is 0.446 bits per heavy atom. The van der Waals surface area contributed by atoms with Crippen LogP contribution in [0.25, 0.3) is 33.8 Å². The second-order valence-electron chi connectivity index (χ2n) is 23.0. The van der Waals surface area contributed by atoms with E-state index < -0.39 is 52.3 Å². The number of pyridine rings is 4. The number of hydrogen-bond donors (Lipinski definition) is 4. The number of para-hydroxylation sites is 2. The van der Waals surface area contributed by atoms with Crippen LogP contribution < -0.4 is 56.1 Å². The Bertz CT molecular complexity index is 5100. The van der Waals surface area contributed by atoms with Gasteiger partial charge >= 0.3 is 0 Å². The molecule has 0 atom stereocenters. The highest BCUT2D eigenvalue weighted by atomic mass is 35.5. The van der Waals surface area contributed by atoms with Gasteiger partial charge < -0.3 is 57.5 Å². The van der Waals surface area contributed by atoms with E-state index in [1.54, 1.807) is 66.7 Å². The first kappa shape index (κ1) is 69.8. The van der Waals surface area contributed by atoms with Crippen LogP contribution in [0.4, 0.5) is 49.1 Å². The number of halogens is 7. The lowest BCUT2D eigenvalue weighted by Gasteiger charge is -2.22. The van der Waals surface area contributed by atoms with Crippen molar-refractivity contribution in [2.24, 2.45) is 0 Å². The summed E-state index contributed by atoms with van der Waals surface area (Å²) in [6.45, 7) is 1.95. The fourth-order valence-corrected chi connectivity index (χ4v) is 12.0. The molecule has 512 valence electrons. The van der Waals surface area contributed by atoms with Crippen LogP contribution in [-0.4, -0.2) is 41.7 Å². The number of nitrogens with zero attached hydrogens (tertiary/aromatic N) is 4. The van der Waals surface area contributed by atoms with Crippen molar-refractivity contribution in [3.63, 3.8) is 0 Å². The van der Waals surface area contributed by atoms with E-state index in [4.69, 9.17) is 53.5 Å². The highest BCUT2D eigenvalue weighted by Crippen LogP contribution is 2.45. The van der Waals surface area contributed by atoms with Crippen molar-refractivity contribution in [2.45, 2.75) is 44.9 Å². The maximum absolute atomic E-state index is 14.0. The Morgan fingerprint density at radius 2 is 0.871 bits per heavy atom. The Morgan fingerprint density at radius 3 is 1.38 bits per heavy atom. The van der Waals surface area contributed by atoms with Crippen LogP contribution in [0.5, 0.6) is 23.0 Å². The van der Waals surface area contributed by atoms with Crippen molar-refractivity contribution in [3.8, 4) is 56.8 Å². The minimum absolute atomic E-state index is 0.00191. The summed E-state index contributed by atoms with van der Waals surface area (Å²) in [6.07, 6.45) is 9.84. The number of carbonyl (C=O) groups excluding carboxylic acids is 4. The van der Waals surface area contributed by atoms with E-state index in [-0.39, 0.29) is 98.4 Å². The van der Waals surface area contributed by atoms with E-state index >= 15 is 0 Å². The second-order valence-corrected chi connectivity index (χ2v) is 23.4. The number of ether oxygens (including phenoxy) is 4. The van der Waals surface area contributed by atoms with E-state index in [0.29, 0.717) is 94.1 Å². The summed E-state index contributed by atoms with van der Waals surface area (Å²) >= 11 is 6.11. The molecule has 0 bridgehead atoms. The number of hydrogen-bond acceptors (Lipinski definition) is 16. The first-order valence-electron chi connectivity index (χ1n) is 30.9. The summed E-state index contributed by atoms with van der Waals surface area (Å²) in [5.41, 5.74) is 27.9. The van der Waals surface area contributed by atoms with Gasteiger partial charge in [-0.15, -0.1) is 0 Å². The second kappa shape index (κ2) is 30.1. The van der Waals surface area contributed by atoms with E-state index in [0.717, 1.165) is 80.3 Å². The molecule has 2 aliphatic heterocycles. The van der Waals surface area contributed by atoms with Gasteiger partial charge in [0, 0.05) is 65.2 Å². The van der Waals surface area contributed by atoms with Crippen LogP contribution >= 0.6 is 11.6 Å². The standard InChI is InChI=1S/C19H15ClN2O2.C19H12F2N2O4.C19H12F2N2O3.C18H18F2N2O2/c1-12-6-2-3-7-13(12)18-17(21)15(10-11-22(18)24)19(23)14-8-4-5-9-16(14)20;20-10-4-5-11(14(21)8-10)18(24)12-6-7-23(25)17(16(12)22)13-2-1-3-15-19(13)27-9-26-15;20-10-4-5-11(14(21)8-10)18(24)12-6-7-23-17(16(12)22)13-2-1-3-15-19(13)26-9-25-15;19-12-6-7-13(15(20)10-12)18(23)14-8-9-22(24)17(16(14)21)11-4-2-1-3-5-11/h2-11H,21H2,1H3;1-8H,9,22H2;1-8H,9,22H2;6-11H,1-5,21H2. The molecule has 1 aliphatic carbocycles. The molecule has 0 amide bonds. The monoisotopic (exact) mass is 1390 g/mol. The van der Waals surface area contributed by atoms with Gasteiger partial charge in [0.15, 0.2) is 64.7 Å². The third-order valence-corrected chi connectivity index (χ3v) is 17.1. The average Bonchev–Trinajstić information content (AvgIpc) is 1.67. The van der Waals surface area contributed by atoms with Crippen molar-refractivity contribution in [1.82, 2.24) is 4.98 Å². The number of aromatic nitrogens is 4. The van der Waals surface area contributed by atoms with Crippen molar-refractivity contribution in [2.75, 3.05) is 36.5 Å². The van der Waals surface area contributed by atoms with Crippen LogP contribution in [0.2, 0.25) is 5.02 Å². The molecule has 1 fully saturated rings. The van der Waals surface area contributed by atoms with Crippen molar-refractivity contribution in [1.29, 1.82) is 0 Å². The third kappa shape index (κ3) is 14.6. The Labute approximate surface area is 576 Å². The predicted molar refractivity (Wildman–Crippen MR) is 361 cm³/mol. The number of nitrogen functional groups attached to an aromatic ring is 4. The predicted octanol–water partition coefficient (Wildman–Crippen LogP) is 13.6. The highest BCUT2D eigenvalue weighted by Gasteiger charge is 2.33. The molecule has 26 heteroatoms. The molecule has 3 aliphatic rings. The van der Waals surface area contributed by atoms with Crippen LogP contribution in [0.3, 0.4) is 0 Å². The molecule has 0 saturated heterocycles. The van der Waals surface area contributed by atoms with Crippen LogP contribution in [0, 0.1) is 57.4 Å². The largest absolute Gasteiger partial charge is 0.618 e. The summed E-state index contributed by atoms with van der Waals surface area (Å²) < 4.78 is 104. The Kier molecular flexibility index (Phi) is 20.8. The lowest BCUT2D eigenvalue weighted by molar-refractivity contribution is -0.615. The molecular weight excluding hydrogens is 1340 g/mol. The fourth-order valence-electron chi connectivity index (χ4n) is 11.8. The summed E-state index contributed by atoms with van der Waals surface area (Å²) in [5, 5.41) is 37.1. The maximum atomic E-state index is 14.0. The lowest BCUT2D eigenvalue weighted by atomic mass is 9.85. The molecule has 0 radical (unpaired) electrons. The number of carbonyl (C=O) groups is 4. The number of aryl methyl sites for hydroxylation is 1. The molecule has 6 heterocycles. The van der Waals surface area contributed by atoms with E-state index in [1.165, 1.54) is 42.9 Å². The summed E-state index contributed by atoms with van der Waals surface area (Å²) in [7, 11) is 0. The number of anilines is 4. The molecular formula is C75H57ClF6N8O11. The van der Waals surface area contributed by atoms with Gasteiger partial charge in [0.25, 0.3) is 5.69 Å². The third-order valence-electron chi connectivity index (χ3n) is 16.8. The molecule has 4 aromatic heterocycles. The quantitative estimate of drug-likeness (QED) is 0.0382. The molecule has 14 rings (SSSR count). The van der Waals surface area contributed by atoms with Gasteiger partial charge in [-0.25, -0.2) is 26.3 Å². The number of benzene rings is 7. The molecule has 7 aromatic carbocycles. The maximum Gasteiger partial charge on any atom is 0.251 e. The minimum atomic E-state index is -1.02. The highest BCUT2D eigenvalue weighted by molar-refractivity contribution is 6.35. The molecule has 19 nitrogen and oxygen atoms in total. The van der Waals surface area contributed by atoms with Crippen LogP contribution in [0.1, 0.15) is 113 Å². The number of ketones is 4. The van der Waals surface area contributed by atoms with Gasteiger partial charge in [-0.3, -0.25) is 24.2 Å². The molecule has 0 spiro atoms. The van der Waals surface area contributed by atoms with Crippen molar-refractivity contribution in [3.05, 3.63) is 300 Å². The van der Waals surface area contributed by atoms with Gasteiger partial charge in [0.1, 0.15) is 52.0 Å². The van der Waals surface area contributed by atoms with Gasteiger partial charge in [0.05, 0.1) is 60.9 Å². The van der Waals surface area contributed by atoms with Crippen LogP contribution in [-0.2, 0) is 0 Å². The normalized spacial score (nSPS) is 12.6. The molecule has 0 unspecified atom stereocenters. The van der Waals surface area contributed by atoms with E-state index in [2.05, 4.69) is 4.98 Å². The minimum Gasteiger partial charge on any atom is -0.618 e. The first-order valence-corrected chi connectivity index (χ1v) is 31.3. The summed E-state index contributed by atoms with van der Waals surface area (Å²) in [4.78, 5) is 55.0. The lowest BCUT2D eigenvalue weighted by Crippen LogP contribution is -2.36. The van der Waals surface area contributed by atoms with Crippen molar-refractivity contribution < 1.29 is 78.7 Å². The van der Waals surface area contributed by atoms with Gasteiger partial charge in [0.2, 0.25) is 25.0 Å². The molecule has 11 aromatic rings. The zero-order valence-electron chi connectivity index (χ0n) is 53.2. The summed E-state index contributed by atoms with van der Waals surface area (Å²) in [6, 6.07) is 37.7. The topological polar surface area (TPSA) is 303 Å². The number of rotatable bonds is 12. The Hall–Kier alpha value is -12.5. The SMILES string of the molecule is Cc1ccccc1-c1c(N)c(C(=O)c2ccccc2Cl)cc[n+]1[O-].Nc1c(C(=O)c2ccc(F)cc2F)cc[n+]([O-])c1-c1cccc2c1OCO2.Nc1c(C(=O)c2ccc(F)cc2F)cc[n+]([O-])c1C1CCCCC1.Nc1c(C(=O)c2ccc(F)cc2F)ccnc1-c1cccc2c1OCO2.